The second-order valence-corrected chi connectivity index (χ2v) is 8.23. The number of carbonyl (C=O) groups excluding carboxylic acids is 3. The lowest BCUT2D eigenvalue weighted by Crippen LogP contribution is -2.42. The quantitative estimate of drug-likeness (QED) is 0.708. The van der Waals surface area contributed by atoms with E-state index in [0.29, 0.717) is 11.5 Å². The minimum atomic E-state index is -1.19. The molecular formula is C24H29N3O3. The number of amides is 4. The Morgan fingerprint density at radius 3 is 2.40 bits per heavy atom. The highest BCUT2D eigenvalue weighted by Gasteiger charge is 2.49. The van der Waals surface area contributed by atoms with E-state index in [9.17, 15) is 14.4 Å². The van der Waals surface area contributed by atoms with Crippen LogP contribution >= 0.6 is 0 Å². The van der Waals surface area contributed by atoms with E-state index >= 15 is 0 Å². The lowest BCUT2D eigenvalue weighted by molar-refractivity contribution is -0.133. The van der Waals surface area contributed by atoms with Crippen LogP contribution < -0.4 is 10.6 Å². The third-order valence-corrected chi connectivity index (χ3v) is 5.74. The molecule has 6 heteroatoms. The van der Waals surface area contributed by atoms with Crippen molar-refractivity contribution in [1.82, 2.24) is 10.2 Å². The maximum atomic E-state index is 13.1. The molecule has 2 aromatic carbocycles. The Morgan fingerprint density at radius 1 is 1.13 bits per heavy atom. The number of benzene rings is 2. The summed E-state index contributed by atoms with van der Waals surface area (Å²) in [6, 6.07) is 12.9. The first-order chi connectivity index (χ1) is 14.2. The molecule has 1 unspecified atom stereocenters. The summed E-state index contributed by atoms with van der Waals surface area (Å²) >= 11 is 0. The number of rotatable bonds is 6. The van der Waals surface area contributed by atoms with E-state index in [4.69, 9.17) is 0 Å². The van der Waals surface area contributed by atoms with Crippen molar-refractivity contribution in [3.05, 3.63) is 64.7 Å². The Hall–Kier alpha value is -3.15. The maximum absolute atomic E-state index is 13.1. The number of urea groups is 1. The lowest BCUT2D eigenvalue weighted by atomic mass is 9.90. The largest absolute Gasteiger partial charge is 0.325 e. The lowest BCUT2D eigenvalue weighted by Gasteiger charge is -2.23. The monoisotopic (exact) mass is 407 g/mol. The van der Waals surface area contributed by atoms with Gasteiger partial charge < -0.3 is 10.6 Å². The van der Waals surface area contributed by atoms with Gasteiger partial charge in [0.15, 0.2) is 0 Å². The van der Waals surface area contributed by atoms with Crippen LogP contribution in [-0.2, 0) is 21.5 Å². The van der Waals surface area contributed by atoms with Crippen LogP contribution in [0.15, 0.2) is 42.5 Å². The molecule has 0 saturated carbocycles. The predicted octanol–water partition coefficient (Wildman–Crippen LogP) is 4.09. The zero-order valence-electron chi connectivity index (χ0n) is 18.2. The summed E-state index contributed by atoms with van der Waals surface area (Å²) in [5.41, 5.74) is 3.35. The molecule has 1 atom stereocenters. The van der Waals surface area contributed by atoms with Gasteiger partial charge in [-0.3, -0.25) is 14.5 Å². The molecule has 1 aliphatic rings. The first-order valence-electron chi connectivity index (χ1n) is 10.3. The number of para-hydroxylation sites is 1. The molecule has 3 rings (SSSR count). The van der Waals surface area contributed by atoms with Gasteiger partial charge in [-0.2, -0.15) is 0 Å². The molecule has 1 fully saturated rings. The Labute approximate surface area is 177 Å². The minimum Gasteiger partial charge on any atom is -0.324 e. The summed E-state index contributed by atoms with van der Waals surface area (Å²) in [7, 11) is 0. The Balaban J connectivity index is 1.77. The number of nitrogens with zero attached hydrogens (tertiary/aromatic N) is 1. The maximum Gasteiger partial charge on any atom is 0.325 e. The highest BCUT2D eigenvalue weighted by Crippen LogP contribution is 2.30. The molecule has 2 aromatic rings. The van der Waals surface area contributed by atoms with Crippen molar-refractivity contribution < 1.29 is 14.4 Å². The molecule has 0 bridgehead atoms. The molecule has 2 N–H and O–H groups in total. The molecule has 4 amide bonds. The molecule has 158 valence electrons. The van der Waals surface area contributed by atoms with Crippen molar-refractivity contribution in [2.24, 2.45) is 0 Å². The molecule has 0 radical (unpaired) electrons. The van der Waals surface area contributed by atoms with Crippen LogP contribution in [0.4, 0.5) is 10.5 Å². The van der Waals surface area contributed by atoms with Gasteiger partial charge in [-0.05, 0) is 48.4 Å². The molecule has 1 heterocycles. The first-order valence-corrected chi connectivity index (χ1v) is 10.3. The standard InChI is InChI=1S/C24H29N3O3/c1-6-17-9-7-8-16(4)21(17)25-20(28)14-27-22(29)24(5,26-23(27)30)19-12-10-18(11-13-19)15(2)3/h7-13,15H,6,14H2,1-5H3,(H,25,28)(H,26,30). The van der Waals surface area contributed by atoms with Gasteiger partial charge in [-0.25, -0.2) is 4.79 Å². The fourth-order valence-corrected chi connectivity index (χ4v) is 3.76. The Bertz CT molecular complexity index is 982. The van der Waals surface area contributed by atoms with Gasteiger partial charge in [0.1, 0.15) is 12.1 Å². The Kier molecular flexibility index (Phi) is 5.97. The van der Waals surface area contributed by atoms with E-state index in [0.717, 1.165) is 33.7 Å². The molecule has 0 aliphatic carbocycles. The van der Waals surface area contributed by atoms with Crippen molar-refractivity contribution in [3.8, 4) is 0 Å². The summed E-state index contributed by atoms with van der Waals surface area (Å²) in [4.78, 5) is 39.3. The van der Waals surface area contributed by atoms with Crippen molar-refractivity contribution in [1.29, 1.82) is 0 Å². The van der Waals surface area contributed by atoms with E-state index in [-0.39, 0.29) is 6.54 Å². The van der Waals surface area contributed by atoms with Crippen molar-refractivity contribution in [2.45, 2.75) is 52.5 Å². The summed E-state index contributed by atoms with van der Waals surface area (Å²) < 4.78 is 0. The zero-order valence-corrected chi connectivity index (χ0v) is 18.2. The normalized spacial score (nSPS) is 18.7. The van der Waals surface area contributed by atoms with Gasteiger partial charge >= 0.3 is 6.03 Å². The number of carbonyl (C=O) groups is 3. The van der Waals surface area contributed by atoms with Crippen LogP contribution in [0.1, 0.15) is 55.9 Å². The van der Waals surface area contributed by atoms with E-state index < -0.39 is 23.4 Å². The van der Waals surface area contributed by atoms with Crippen LogP contribution in [0.5, 0.6) is 0 Å². The van der Waals surface area contributed by atoms with Crippen molar-refractivity contribution in [3.63, 3.8) is 0 Å². The van der Waals surface area contributed by atoms with Gasteiger partial charge in [0.25, 0.3) is 5.91 Å². The number of aryl methyl sites for hydroxylation is 2. The SMILES string of the molecule is CCc1cccc(C)c1NC(=O)CN1C(=O)NC(C)(c2ccc(C(C)C)cc2)C1=O. The highest BCUT2D eigenvalue weighted by molar-refractivity contribution is 6.10. The zero-order chi connectivity index (χ0) is 22.1. The molecule has 6 nitrogen and oxygen atoms in total. The predicted molar refractivity (Wildman–Crippen MR) is 117 cm³/mol. The van der Waals surface area contributed by atoms with Gasteiger partial charge in [-0.15, -0.1) is 0 Å². The number of anilines is 1. The molecule has 1 saturated heterocycles. The van der Waals surface area contributed by atoms with Crippen LogP contribution in [0.3, 0.4) is 0 Å². The van der Waals surface area contributed by atoms with Crippen LogP contribution in [0, 0.1) is 6.92 Å². The highest BCUT2D eigenvalue weighted by atomic mass is 16.2. The third-order valence-electron chi connectivity index (χ3n) is 5.74. The second-order valence-electron chi connectivity index (χ2n) is 8.23. The van der Waals surface area contributed by atoms with Crippen molar-refractivity contribution >= 4 is 23.5 Å². The fraction of sp³-hybridized carbons (Fsp3) is 0.375. The molecule has 30 heavy (non-hydrogen) atoms. The molecule has 1 aliphatic heterocycles. The topological polar surface area (TPSA) is 78.5 Å². The van der Waals surface area contributed by atoms with E-state index in [1.807, 2.05) is 56.3 Å². The van der Waals surface area contributed by atoms with E-state index in [1.54, 1.807) is 6.92 Å². The number of hydrogen-bond donors (Lipinski definition) is 2. The fourth-order valence-electron chi connectivity index (χ4n) is 3.76. The second kappa shape index (κ2) is 8.30. The van der Waals surface area contributed by atoms with Crippen LogP contribution in [-0.4, -0.2) is 29.3 Å². The summed E-state index contributed by atoms with van der Waals surface area (Å²) in [5, 5.41) is 5.63. The Morgan fingerprint density at radius 2 is 1.80 bits per heavy atom. The first kappa shape index (κ1) is 21.6. The van der Waals surface area contributed by atoms with Gasteiger partial charge in [0.05, 0.1) is 0 Å². The minimum absolute atomic E-state index is 0.332. The molecular weight excluding hydrogens is 378 g/mol. The van der Waals surface area contributed by atoms with E-state index in [2.05, 4.69) is 24.5 Å². The van der Waals surface area contributed by atoms with Gasteiger partial charge in [-0.1, -0.05) is 63.2 Å². The summed E-state index contributed by atoms with van der Waals surface area (Å²) in [6.07, 6.45) is 0.769. The third kappa shape index (κ3) is 3.95. The van der Waals surface area contributed by atoms with Crippen LogP contribution in [0.2, 0.25) is 0 Å². The summed E-state index contributed by atoms with van der Waals surface area (Å²) in [5.74, 6) is -0.460. The average molecular weight is 408 g/mol. The number of hydrogen-bond acceptors (Lipinski definition) is 3. The van der Waals surface area contributed by atoms with Gasteiger partial charge in [0, 0.05) is 5.69 Å². The number of nitrogens with one attached hydrogen (secondary N) is 2. The number of imide groups is 1. The van der Waals surface area contributed by atoms with E-state index in [1.165, 1.54) is 0 Å². The average Bonchev–Trinajstić information content (AvgIpc) is 2.93. The van der Waals surface area contributed by atoms with Crippen LogP contribution in [0.25, 0.3) is 0 Å². The smallest absolute Gasteiger partial charge is 0.324 e. The summed E-state index contributed by atoms with van der Waals surface area (Å²) in [6.45, 7) is 9.46. The molecule has 0 aromatic heterocycles. The molecule has 0 spiro atoms. The van der Waals surface area contributed by atoms with Gasteiger partial charge in [0.2, 0.25) is 5.91 Å². The van der Waals surface area contributed by atoms with Crippen molar-refractivity contribution in [2.75, 3.05) is 11.9 Å².